The van der Waals surface area contributed by atoms with Crippen LogP contribution in [0.2, 0.25) is 0 Å². The van der Waals surface area contributed by atoms with E-state index in [1.165, 1.54) is 10.5 Å². The van der Waals surface area contributed by atoms with Crippen LogP contribution in [0.1, 0.15) is 31.7 Å². The summed E-state index contributed by atoms with van der Waals surface area (Å²) in [6.45, 7) is 5.07. The minimum atomic E-state index is -4.14. The molecule has 1 aromatic rings. The van der Waals surface area contributed by atoms with Crippen LogP contribution in [0.25, 0.3) is 0 Å². The molecular formula is C19H29F3N4. The van der Waals surface area contributed by atoms with Gasteiger partial charge < -0.3 is 10.6 Å². The fourth-order valence-corrected chi connectivity index (χ4v) is 3.38. The van der Waals surface area contributed by atoms with Crippen molar-refractivity contribution in [1.29, 1.82) is 0 Å². The standard InChI is InChI=1S/C19H29F3N4/c1-14(2)17(15-7-5-4-6-8-15)11-24-18(23-3)25-16-9-10-26(12-16)13-19(20,21)22/h4-8,14,16-17H,9-13H2,1-3H3,(H2,23,24,25). The minimum Gasteiger partial charge on any atom is -0.356 e. The number of likely N-dealkylation sites (tertiary alicyclic amines) is 1. The van der Waals surface area contributed by atoms with Gasteiger partial charge in [0, 0.05) is 38.6 Å². The molecule has 1 saturated heterocycles. The molecular weight excluding hydrogens is 341 g/mol. The van der Waals surface area contributed by atoms with Gasteiger partial charge in [0.15, 0.2) is 5.96 Å². The lowest BCUT2D eigenvalue weighted by atomic mass is 9.88. The molecule has 146 valence electrons. The molecule has 7 heteroatoms. The number of nitrogens with one attached hydrogen (secondary N) is 2. The number of guanidine groups is 1. The third kappa shape index (κ3) is 6.52. The summed E-state index contributed by atoms with van der Waals surface area (Å²) in [5.74, 6) is 1.43. The second kappa shape index (κ2) is 9.26. The number of halogens is 3. The lowest BCUT2D eigenvalue weighted by Crippen LogP contribution is -2.46. The molecule has 0 aromatic heterocycles. The average molecular weight is 370 g/mol. The van der Waals surface area contributed by atoms with Gasteiger partial charge in [0.2, 0.25) is 0 Å². The van der Waals surface area contributed by atoms with Crippen LogP contribution in [0.4, 0.5) is 13.2 Å². The Morgan fingerprint density at radius 2 is 1.96 bits per heavy atom. The molecule has 1 aliphatic heterocycles. The van der Waals surface area contributed by atoms with Crippen molar-refractivity contribution in [2.75, 3.05) is 33.2 Å². The molecule has 0 spiro atoms. The molecule has 0 bridgehead atoms. The van der Waals surface area contributed by atoms with Gasteiger partial charge in [-0.05, 0) is 17.9 Å². The van der Waals surface area contributed by atoms with Gasteiger partial charge in [-0.2, -0.15) is 13.2 Å². The van der Waals surface area contributed by atoms with Crippen molar-refractivity contribution in [3.05, 3.63) is 35.9 Å². The van der Waals surface area contributed by atoms with Crippen molar-refractivity contribution in [1.82, 2.24) is 15.5 Å². The number of aliphatic imine (C=N–C) groups is 1. The number of benzene rings is 1. The van der Waals surface area contributed by atoms with Gasteiger partial charge in [-0.3, -0.25) is 9.89 Å². The quantitative estimate of drug-likeness (QED) is 0.597. The summed E-state index contributed by atoms with van der Waals surface area (Å²) < 4.78 is 37.5. The highest BCUT2D eigenvalue weighted by Crippen LogP contribution is 2.23. The number of hydrogen-bond donors (Lipinski definition) is 2. The van der Waals surface area contributed by atoms with Crippen LogP contribution in [0.3, 0.4) is 0 Å². The molecule has 1 heterocycles. The molecule has 2 unspecified atom stereocenters. The maximum Gasteiger partial charge on any atom is 0.401 e. The van der Waals surface area contributed by atoms with E-state index in [-0.39, 0.29) is 6.04 Å². The van der Waals surface area contributed by atoms with Crippen molar-refractivity contribution in [3.8, 4) is 0 Å². The third-order valence-electron chi connectivity index (χ3n) is 4.76. The first-order valence-electron chi connectivity index (χ1n) is 9.09. The molecule has 0 radical (unpaired) electrons. The van der Waals surface area contributed by atoms with E-state index in [4.69, 9.17) is 0 Å². The van der Waals surface area contributed by atoms with Gasteiger partial charge in [0.25, 0.3) is 0 Å². The first kappa shape index (κ1) is 20.6. The Bertz CT molecular complexity index is 572. The number of nitrogens with zero attached hydrogens (tertiary/aromatic N) is 2. The van der Waals surface area contributed by atoms with E-state index in [1.54, 1.807) is 7.05 Å². The van der Waals surface area contributed by atoms with E-state index in [2.05, 4.69) is 41.6 Å². The highest BCUT2D eigenvalue weighted by Gasteiger charge is 2.34. The number of alkyl halides is 3. The Labute approximate surface area is 153 Å². The molecule has 2 rings (SSSR count). The molecule has 2 N–H and O–H groups in total. The molecule has 1 aromatic carbocycles. The summed E-state index contributed by atoms with van der Waals surface area (Å²) in [6, 6.07) is 10.3. The van der Waals surface area contributed by atoms with Gasteiger partial charge in [0.1, 0.15) is 0 Å². The molecule has 2 atom stereocenters. The fraction of sp³-hybridized carbons (Fsp3) is 0.632. The van der Waals surface area contributed by atoms with Gasteiger partial charge in [0.05, 0.1) is 6.54 Å². The van der Waals surface area contributed by atoms with Gasteiger partial charge >= 0.3 is 6.18 Å². The summed E-state index contributed by atoms with van der Waals surface area (Å²) in [5, 5.41) is 6.59. The normalized spacial score (nSPS) is 20.4. The molecule has 26 heavy (non-hydrogen) atoms. The molecule has 0 aliphatic carbocycles. The van der Waals surface area contributed by atoms with Gasteiger partial charge in [-0.1, -0.05) is 44.2 Å². The monoisotopic (exact) mass is 370 g/mol. The van der Waals surface area contributed by atoms with E-state index in [0.29, 0.717) is 37.3 Å². The zero-order valence-electron chi connectivity index (χ0n) is 15.7. The van der Waals surface area contributed by atoms with E-state index in [1.807, 2.05) is 18.2 Å². The highest BCUT2D eigenvalue weighted by atomic mass is 19.4. The topological polar surface area (TPSA) is 39.7 Å². The maximum atomic E-state index is 12.5. The van der Waals surface area contributed by atoms with Crippen molar-refractivity contribution >= 4 is 5.96 Å². The maximum absolute atomic E-state index is 12.5. The Morgan fingerprint density at radius 1 is 1.27 bits per heavy atom. The van der Waals surface area contributed by atoms with E-state index >= 15 is 0 Å². The van der Waals surface area contributed by atoms with Crippen molar-refractivity contribution in [3.63, 3.8) is 0 Å². The largest absolute Gasteiger partial charge is 0.401 e. The van der Waals surface area contributed by atoms with Crippen molar-refractivity contribution in [2.45, 2.75) is 38.4 Å². The lowest BCUT2D eigenvalue weighted by Gasteiger charge is -2.24. The predicted octanol–water partition coefficient (Wildman–Crippen LogP) is 3.23. The van der Waals surface area contributed by atoms with E-state index in [0.717, 1.165) is 6.54 Å². The zero-order chi connectivity index (χ0) is 19.2. The van der Waals surface area contributed by atoms with E-state index in [9.17, 15) is 13.2 Å². The van der Waals surface area contributed by atoms with Crippen LogP contribution < -0.4 is 10.6 Å². The van der Waals surface area contributed by atoms with Crippen molar-refractivity contribution < 1.29 is 13.2 Å². The van der Waals surface area contributed by atoms with Crippen LogP contribution in [0, 0.1) is 5.92 Å². The predicted molar refractivity (Wildman–Crippen MR) is 99.4 cm³/mol. The first-order chi connectivity index (χ1) is 12.3. The van der Waals surface area contributed by atoms with E-state index < -0.39 is 12.7 Å². The third-order valence-corrected chi connectivity index (χ3v) is 4.76. The molecule has 0 saturated carbocycles. The number of rotatable bonds is 6. The Balaban J connectivity index is 1.86. The van der Waals surface area contributed by atoms with Gasteiger partial charge in [-0.25, -0.2) is 0 Å². The second-order valence-corrected chi connectivity index (χ2v) is 7.19. The SMILES string of the molecule is CN=C(NCC(c1ccccc1)C(C)C)NC1CCN(CC(F)(F)F)C1. The summed E-state index contributed by atoms with van der Waals surface area (Å²) in [6.07, 6.45) is -3.46. The summed E-state index contributed by atoms with van der Waals surface area (Å²) >= 11 is 0. The minimum absolute atomic E-state index is 0.0159. The fourth-order valence-electron chi connectivity index (χ4n) is 3.38. The zero-order valence-corrected chi connectivity index (χ0v) is 15.7. The van der Waals surface area contributed by atoms with Crippen LogP contribution >= 0.6 is 0 Å². The second-order valence-electron chi connectivity index (χ2n) is 7.19. The van der Waals surface area contributed by atoms with Crippen molar-refractivity contribution in [2.24, 2.45) is 10.9 Å². The average Bonchev–Trinajstić information content (AvgIpc) is 2.99. The molecule has 1 fully saturated rings. The lowest BCUT2D eigenvalue weighted by molar-refractivity contribution is -0.143. The van der Waals surface area contributed by atoms with Crippen LogP contribution in [0.15, 0.2) is 35.3 Å². The van der Waals surface area contributed by atoms with Crippen LogP contribution in [0.5, 0.6) is 0 Å². The van der Waals surface area contributed by atoms with Gasteiger partial charge in [-0.15, -0.1) is 0 Å². The molecule has 4 nitrogen and oxygen atoms in total. The van der Waals surface area contributed by atoms with Crippen LogP contribution in [-0.2, 0) is 0 Å². The molecule has 0 amide bonds. The molecule has 1 aliphatic rings. The Hall–Kier alpha value is -1.76. The Kier molecular flexibility index (Phi) is 7.32. The summed E-state index contributed by atoms with van der Waals surface area (Å²) in [7, 11) is 1.69. The number of hydrogen-bond acceptors (Lipinski definition) is 2. The smallest absolute Gasteiger partial charge is 0.356 e. The van der Waals surface area contributed by atoms with Crippen LogP contribution in [-0.4, -0.2) is 56.3 Å². The first-order valence-corrected chi connectivity index (χ1v) is 9.09. The summed E-state index contributed by atoms with van der Waals surface area (Å²) in [5.41, 5.74) is 1.27. The highest BCUT2D eigenvalue weighted by molar-refractivity contribution is 5.80. The Morgan fingerprint density at radius 3 is 2.54 bits per heavy atom. The summed E-state index contributed by atoms with van der Waals surface area (Å²) in [4.78, 5) is 5.67.